The Bertz CT molecular complexity index is 1190. The van der Waals surface area contributed by atoms with E-state index in [4.69, 9.17) is 15.2 Å². The van der Waals surface area contributed by atoms with E-state index < -0.39 is 95.6 Å². The van der Waals surface area contributed by atoms with Crippen LogP contribution in [0.4, 0.5) is 5.82 Å². The van der Waals surface area contributed by atoms with E-state index >= 15 is 0 Å². The molecular formula is C17H28N4O16P2. The number of anilines is 1. The normalized spacial score (nSPS) is 36.2. The SMILES string of the molecule is CC(=O)N[C@H]1[C@@H](OP(=O)(O)OP(=O)(O)OC[C@H]2O[C@@H](n3ccc(N)nc3=O)[C@H](O)[C@@H]2O)O[C@H](CO)[C@@H](O)[C@@H]1O. The zero-order valence-corrected chi connectivity index (χ0v) is 21.7. The van der Waals surface area contributed by atoms with Crippen molar-refractivity contribution in [3.05, 3.63) is 22.7 Å². The number of carbonyl (C=O) groups excluding carboxylic acids is 1. The fourth-order valence-corrected chi connectivity index (χ4v) is 5.91. The van der Waals surface area contributed by atoms with Crippen molar-refractivity contribution in [2.75, 3.05) is 18.9 Å². The molecule has 1 aromatic heterocycles. The Morgan fingerprint density at radius 2 is 1.74 bits per heavy atom. The first-order chi connectivity index (χ1) is 18.0. The van der Waals surface area contributed by atoms with Gasteiger partial charge in [0, 0.05) is 13.1 Å². The Morgan fingerprint density at radius 1 is 1.10 bits per heavy atom. The van der Waals surface area contributed by atoms with E-state index in [2.05, 4.69) is 23.7 Å². The monoisotopic (exact) mass is 606 g/mol. The van der Waals surface area contributed by atoms with Gasteiger partial charge in [0.2, 0.25) is 5.91 Å². The highest BCUT2D eigenvalue weighted by atomic mass is 31.3. The van der Waals surface area contributed by atoms with Gasteiger partial charge in [-0.1, -0.05) is 0 Å². The maximum absolute atomic E-state index is 12.5. The van der Waals surface area contributed by atoms with E-state index in [1.165, 1.54) is 6.07 Å². The molecule has 1 amide bonds. The van der Waals surface area contributed by atoms with Gasteiger partial charge in [-0.05, 0) is 6.07 Å². The van der Waals surface area contributed by atoms with E-state index in [-0.39, 0.29) is 5.82 Å². The lowest BCUT2D eigenvalue weighted by Gasteiger charge is -2.42. The average molecular weight is 606 g/mol. The number of hydrogen-bond acceptors (Lipinski definition) is 16. The predicted octanol–water partition coefficient (Wildman–Crippen LogP) is -4.36. The van der Waals surface area contributed by atoms with Crippen molar-refractivity contribution in [3.8, 4) is 0 Å². The summed E-state index contributed by atoms with van der Waals surface area (Å²) >= 11 is 0. The number of nitrogen functional groups attached to an aromatic ring is 1. The van der Waals surface area contributed by atoms with Crippen LogP contribution in [0, 0.1) is 0 Å². The van der Waals surface area contributed by atoms with Gasteiger partial charge in [0.25, 0.3) is 0 Å². The minimum atomic E-state index is -5.61. The standard InChI is InChI=1S/C17H28N4O16P2/c1-6(23)19-10-13(26)11(24)7(4-22)35-16(10)36-39(31,32)37-38(29,30)33-5-8-12(25)14(27)15(34-8)21-3-2-9(18)20-17(21)28/h2-3,7-8,10-16,22,24-27H,4-5H2,1H3,(H,19,23)(H,29,30)(H,31,32)(H2,18,20,28)/t7-,8-,10-,11-,12-,13-,14-,15-,16-/m1/s1. The van der Waals surface area contributed by atoms with Crippen molar-refractivity contribution < 1.29 is 72.1 Å². The molecule has 0 aliphatic carbocycles. The maximum atomic E-state index is 12.5. The molecule has 2 fully saturated rings. The highest BCUT2D eigenvalue weighted by Gasteiger charge is 2.50. The number of nitrogens with two attached hydrogens (primary N) is 1. The van der Waals surface area contributed by atoms with Gasteiger partial charge >= 0.3 is 21.3 Å². The van der Waals surface area contributed by atoms with E-state index in [1.807, 2.05) is 0 Å². The molecule has 2 aliphatic rings. The molecule has 10 N–H and O–H groups in total. The van der Waals surface area contributed by atoms with Crippen LogP contribution in [0.25, 0.3) is 0 Å². The number of hydrogen-bond donors (Lipinski definition) is 9. The Labute approximate surface area is 218 Å². The molecule has 2 unspecified atom stereocenters. The molecule has 20 nitrogen and oxygen atoms in total. The molecule has 0 aromatic carbocycles. The second-order valence-electron chi connectivity index (χ2n) is 8.44. The summed E-state index contributed by atoms with van der Waals surface area (Å²) in [5, 5.41) is 52.0. The van der Waals surface area contributed by atoms with Crippen molar-refractivity contribution in [2.45, 2.75) is 62.1 Å². The van der Waals surface area contributed by atoms with Crippen LogP contribution in [0.3, 0.4) is 0 Å². The van der Waals surface area contributed by atoms with Crippen LogP contribution < -0.4 is 16.7 Å². The molecule has 2 aliphatic heterocycles. The Hall–Kier alpha value is -1.87. The highest BCUT2D eigenvalue weighted by molar-refractivity contribution is 7.61. The molecule has 0 bridgehead atoms. The number of aliphatic hydroxyl groups excluding tert-OH is 5. The van der Waals surface area contributed by atoms with Gasteiger partial charge in [-0.3, -0.25) is 18.4 Å². The van der Waals surface area contributed by atoms with Crippen molar-refractivity contribution in [1.82, 2.24) is 14.9 Å². The van der Waals surface area contributed by atoms with Gasteiger partial charge in [-0.15, -0.1) is 0 Å². The summed E-state index contributed by atoms with van der Waals surface area (Å²) in [6.07, 6.45) is -12.7. The van der Waals surface area contributed by atoms with Crippen molar-refractivity contribution in [3.63, 3.8) is 0 Å². The number of nitrogens with one attached hydrogen (secondary N) is 1. The van der Waals surface area contributed by atoms with Crippen LogP contribution in [0.2, 0.25) is 0 Å². The molecule has 3 rings (SSSR count). The fraction of sp³-hybridized carbons (Fsp3) is 0.706. The minimum Gasteiger partial charge on any atom is -0.394 e. The highest BCUT2D eigenvalue weighted by Crippen LogP contribution is 2.61. The lowest BCUT2D eigenvalue weighted by Crippen LogP contribution is -2.64. The third kappa shape index (κ3) is 7.66. The summed E-state index contributed by atoms with van der Waals surface area (Å²) in [6, 6.07) is -0.480. The number of aliphatic hydroxyl groups is 5. The molecule has 0 spiro atoms. The number of aromatic nitrogens is 2. The predicted molar refractivity (Wildman–Crippen MR) is 122 cm³/mol. The third-order valence-electron chi connectivity index (χ3n) is 5.56. The van der Waals surface area contributed by atoms with E-state index in [9.17, 15) is 54.0 Å². The lowest BCUT2D eigenvalue weighted by atomic mass is 9.97. The number of nitrogens with zero attached hydrogens (tertiary/aromatic N) is 2. The van der Waals surface area contributed by atoms with Crippen LogP contribution in [0.5, 0.6) is 0 Å². The van der Waals surface area contributed by atoms with Gasteiger partial charge in [0.15, 0.2) is 12.5 Å². The van der Waals surface area contributed by atoms with Gasteiger partial charge in [0.1, 0.15) is 48.5 Å². The molecule has 39 heavy (non-hydrogen) atoms. The zero-order valence-electron chi connectivity index (χ0n) is 19.9. The first kappa shape index (κ1) is 31.7. The van der Waals surface area contributed by atoms with Gasteiger partial charge in [-0.2, -0.15) is 9.29 Å². The average Bonchev–Trinajstić information content (AvgIpc) is 3.10. The molecule has 0 radical (unpaired) electrons. The van der Waals surface area contributed by atoms with Crippen molar-refractivity contribution in [2.24, 2.45) is 0 Å². The van der Waals surface area contributed by atoms with E-state index in [0.717, 1.165) is 17.7 Å². The Morgan fingerprint density at radius 3 is 2.33 bits per heavy atom. The largest absolute Gasteiger partial charge is 0.483 e. The summed E-state index contributed by atoms with van der Waals surface area (Å²) < 4.78 is 49.4. The van der Waals surface area contributed by atoms with Gasteiger partial charge < -0.3 is 55.8 Å². The summed E-state index contributed by atoms with van der Waals surface area (Å²) in [5.74, 6) is -0.916. The number of phosphoric ester groups is 2. The quantitative estimate of drug-likeness (QED) is 0.114. The molecule has 2 saturated heterocycles. The number of rotatable bonds is 10. The first-order valence-electron chi connectivity index (χ1n) is 11.0. The molecule has 22 heteroatoms. The minimum absolute atomic E-state index is 0.127. The topological polar surface area (TPSA) is 312 Å². The Balaban J connectivity index is 1.65. The van der Waals surface area contributed by atoms with E-state index in [1.54, 1.807) is 0 Å². The molecule has 222 valence electrons. The van der Waals surface area contributed by atoms with Crippen LogP contribution >= 0.6 is 15.6 Å². The second kappa shape index (κ2) is 12.3. The number of carbonyl (C=O) groups is 1. The smallest absolute Gasteiger partial charge is 0.394 e. The van der Waals surface area contributed by atoms with E-state index in [0.29, 0.717) is 0 Å². The van der Waals surface area contributed by atoms with Gasteiger partial charge in [-0.25, -0.2) is 13.9 Å². The van der Waals surface area contributed by atoms with Crippen molar-refractivity contribution >= 4 is 27.4 Å². The number of amides is 1. The first-order valence-corrected chi connectivity index (χ1v) is 14.0. The summed E-state index contributed by atoms with van der Waals surface area (Å²) in [5.41, 5.74) is 4.45. The third-order valence-corrected chi connectivity index (χ3v) is 8.16. The summed E-state index contributed by atoms with van der Waals surface area (Å²) in [6.45, 7) is -0.899. The zero-order chi connectivity index (χ0) is 29.3. The maximum Gasteiger partial charge on any atom is 0.483 e. The van der Waals surface area contributed by atoms with Crippen LogP contribution in [-0.4, -0.2) is 113 Å². The second-order valence-corrected chi connectivity index (χ2v) is 11.4. The number of phosphoric acid groups is 2. The molecule has 3 heterocycles. The molecule has 11 atom stereocenters. The van der Waals surface area contributed by atoms with Crippen LogP contribution in [0.1, 0.15) is 13.2 Å². The van der Waals surface area contributed by atoms with Crippen molar-refractivity contribution in [1.29, 1.82) is 0 Å². The van der Waals surface area contributed by atoms with Gasteiger partial charge in [0.05, 0.1) is 13.2 Å². The Kier molecular flexibility index (Phi) is 10.0. The summed E-state index contributed by atoms with van der Waals surface area (Å²) in [4.78, 5) is 46.8. The summed E-state index contributed by atoms with van der Waals surface area (Å²) in [7, 11) is -11.1. The number of ether oxygens (including phenoxy) is 2. The van der Waals surface area contributed by atoms with Crippen LogP contribution in [-0.2, 0) is 36.8 Å². The molecule has 0 saturated carbocycles. The lowest BCUT2D eigenvalue weighted by molar-refractivity contribution is -0.247. The molecular weight excluding hydrogens is 578 g/mol. The fourth-order valence-electron chi connectivity index (χ4n) is 3.75. The van der Waals surface area contributed by atoms with Crippen LogP contribution in [0.15, 0.2) is 17.1 Å². The molecule has 1 aromatic rings.